The molecule has 1 heterocycles. The molecule has 0 amide bonds. The van der Waals surface area contributed by atoms with Crippen LogP contribution in [0.25, 0.3) is 0 Å². The number of hydrogen-bond acceptors (Lipinski definition) is 2. The van der Waals surface area contributed by atoms with E-state index in [0.29, 0.717) is 12.1 Å². The van der Waals surface area contributed by atoms with Crippen LogP contribution in [0.5, 0.6) is 0 Å². The van der Waals surface area contributed by atoms with Crippen molar-refractivity contribution in [1.29, 1.82) is 0 Å². The zero-order chi connectivity index (χ0) is 14.4. The molecule has 2 rings (SSSR count). The van der Waals surface area contributed by atoms with Crippen molar-refractivity contribution in [2.24, 2.45) is 0 Å². The summed E-state index contributed by atoms with van der Waals surface area (Å²) in [6.07, 6.45) is 6.20. The van der Waals surface area contributed by atoms with Gasteiger partial charge in [0.05, 0.1) is 6.10 Å². The normalized spacial score (nSPS) is 20.2. The smallest absolute Gasteiger partial charge is 0.0594 e. The molecule has 2 atom stereocenters. The van der Waals surface area contributed by atoms with E-state index in [1.807, 2.05) is 0 Å². The van der Waals surface area contributed by atoms with Crippen molar-refractivity contribution in [2.45, 2.75) is 65.0 Å². The monoisotopic (exact) mass is 275 g/mol. The van der Waals surface area contributed by atoms with Gasteiger partial charge in [-0.25, -0.2) is 0 Å². The number of ether oxygens (including phenoxy) is 1. The zero-order valence-corrected chi connectivity index (χ0v) is 13.2. The van der Waals surface area contributed by atoms with Crippen LogP contribution in [0, 0.1) is 0 Å². The van der Waals surface area contributed by atoms with Gasteiger partial charge < -0.3 is 10.1 Å². The minimum absolute atomic E-state index is 0.435. The predicted molar refractivity (Wildman–Crippen MR) is 85.2 cm³/mol. The molecular formula is C18H29NO. The molecule has 0 spiro atoms. The fourth-order valence-corrected chi connectivity index (χ4v) is 3.17. The summed E-state index contributed by atoms with van der Waals surface area (Å²) in [5, 5.41) is 3.67. The van der Waals surface area contributed by atoms with Crippen LogP contribution in [0.2, 0.25) is 0 Å². The first-order chi connectivity index (χ1) is 9.78. The number of aryl methyl sites for hydroxylation is 2. The molecule has 1 saturated heterocycles. The van der Waals surface area contributed by atoms with Gasteiger partial charge in [-0.1, -0.05) is 39.0 Å². The third-order valence-electron chi connectivity index (χ3n) is 4.35. The number of benzene rings is 1. The fourth-order valence-electron chi connectivity index (χ4n) is 3.17. The third kappa shape index (κ3) is 3.83. The lowest BCUT2D eigenvalue weighted by atomic mass is 9.91. The van der Waals surface area contributed by atoms with E-state index in [-0.39, 0.29) is 0 Å². The van der Waals surface area contributed by atoms with Gasteiger partial charge in [-0.3, -0.25) is 0 Å². The molecule has 112 valence electrons. The van der Waals surface area contributed by atoms with Gasteiger partial charge in [0.2, 0.25) is 0 Å². The second-order valence-corrected chi connectivity index (χ2v) is 5.72. The van der Waals surface area contributed by atoms with Crippen LogP contribution in [0.15, 0.2) is 18.2 Å². The number of rotatable bonds is 7. The van der Waals surface area contributed by atoms with Crippen molar-refractivity contribution in [3.63, 3.8) is 0 Å². The summed E-state index contributed by atoms with van der Waals surface area (Å²) in [4.78, 5) is 0. The lowest BCUT2D eigenvalue weighted by molar-refractivity contribution is 0.0946. The van der Waals surface area contributed by atoms with Gasteiger partial charge >= 0.3 is 0 Å². The minimum atomic E-state index is 0.435. The number of hydrogen-bond donors (Lipinski definition) is 1. The Kier molecular flexibility index (Phi) is 6.06. The first-order valence-electron chi connectivity index (χ1n) is 8.25. The molecule has 2 heteroatoms. The van der Waals surface area contributed by atoms with E-state index in [9.17, 15) is 0 Å². The molecule has 1 aliphatic rings. The molecule has 2 unspecified atom stereocenters. The van der Waals surface area contributed by atoms with Crippen molar-refractivity contribution in [2.75, 3.05) is 13.2 Å². The average molecular weight is 275 g/mol. The molecule has 20 heavy (non-hydrogen) atoms. The van der Waals surface area contributed by atoms with E-state index in [1.165, 1.54) is 29.5 Å². The van der Waals surface area contributed by atoms with Gasteiger partial charge in [0.25, 0.3) is 0 Å². The van der Waals surface area contributed by atoms with E-state index >= 15 is 0 Å². The number of nitrogens with one attached hydrogen (secondary N) is 1. The molecule has 2 nitrogen and oxygen atoms in total. The Morgan fingerprint density at radius 2 is 2.10 bits per heavy atom. The van der Waals surface area contributed by atoms with Crippen LogP contribution >= 0.6 is 0 Å². The molecule has 0 saturated carbocycles. The first kappa shape index (κ1) is 15.5. The summed E-state index contributed by atoms with van der Waals surface area (Å²) in [5.41, 5.74) is 4.41. The molecule has 1 aromatic rings. The van der Waals surface area contributed by atoms with Crippen molar-refractivity contribution in [3.8, 4) is 0 Å². The van der Waals surface area contributed by atoms with Crippen molar-refractivity contribution in [3.05, 3.63) is 34.9 Å². The third-order valence-corrected chi connectivity index (χ3v) is 4.35. The summed E-state index contributed by atoms with van der Waals surface area (Å²) in [7, 11) is 0. The Hall–Kier alpha value is -0.860. The van der Waals surface area contributed by atoms with Gasteiger partial charge in [-0.2, -0.15) is 0 Å². The molecule has 1 aromatic carbocycles. The molecule has 0 aliphatic carbocycles. The molecule has 0 radical (unpaired) electrons. The van der Waals surface area contributed by atoms with E-state index < -0.39 is 0 Å². The Morgan fingerprint density at radius 3 is 2.70 bits per heavy atom. The highest BCUT2D eigenvalue weighted by Gasteiger charge is 2.22. The highest BCUT2D eigenvalue weighted by Crippen LogP contribution is 2.28. The topological polar surface area (TPSA) is 21.3 Å². The van der Waals surface area contributed by atoms with E-state index in [4.69, 9.17) is 4.74 Å². The summed E-state index contributed by atoms with van der Waals surface area (Å²) in [6.45, 7) is 8.63. The molecule has 0 aromatic heterocycles. The largest absolute Gasteiger partial charge is 0.378 e. The average Bonchev–Trinajstić information content (AvgIpc) is 2.99. The quantitative estimate of drug-likeness (QED) is 0.811. The maximum absolute atomic E-state index is 5.84. The van der Waals surface area contributed by atoms with Crippen LogP contribution in [0.4, 0.5) is 0 Å². The Bertz CT molecular complexity index is 410. The van der Waals surface area contributed by atoms with Gasteiger partial charge in [-0.05, 0) is 55.3 Å². The van der Waals surface area contributed by atoms with Crippen LogP contribution in [-0.4, -0.2) is 19.3 Å². The maximum Gasteiger partial charge on any atom is 0.0594 e. The highest BCUT2D eigenvalue weighted by atomic mass is 16.5. The summed E-state index contributed by atoms with van der Waals surface area (Å²) >= 11 is 0. The van der Waals surface area contributed by atoms with Gasteiger partial charge in [0.15, 0.2) is 0 Å². The Labute approximate surface area is 123 Å². The van der Waals surface area contributed by atoms with E-state index in [2.05, 4.69) is 44.3 Å². The van der Waals surface area contributed by atoms with Gasteiger partial charge in [0, 0.05) is 12.6 Å². The summed E-state index contributed by atoms with van der Waals surface area (Å²) in [6, 6.07) is 7.43. The van der Waals surface area contributed by atoms with E-state index in [0.717, 1.165) is 32.4 Å². The summed E-state index contributed by atoms with van der Waals surface area (Å²) in [5.74, 6) is 0. The second-order valence-electron chi connectivity index (χ2n) is 5.72. The van der Waals surface area contributed by atoms with Crippen molar-refractivity contribution >= 4 is 0 Å². The lowest BCUT2D eigenvalue weighted by Gasteiger charge is -2.24. The van der Waals surface area contributed by atoms with Crippen LogP contribution in [-0.2, 0) is 17.6 Å². The highest BCUT2D eigenvalue weighted by molar-refractivity contribution is 5.34. The molecule has 1 fully saturated rings. The lowest BCUT2D eigenvalue weighted by Crippen LogP contribution is -2.26. The maximum atomic E-state index is 5.84. The van der Waals surface area contributed by atoms with Crippen LogP contribution in [0.3, 0.4) is 0 Å². The molecule has 1 N–H and O–H groups in total. The summed E-state index contributed by atoms with van der Waals surface area (Å²) < 4.78 is 5.84. The van der Waals surface area contributed by atoms with Crippen molar-refractivity contribution in [1.82, 2.24) is 5.32 Å². The molecular weight excluding hydrogens is 246 g/mol. The fraction of sp³-hybridized carbons (Fsp3) is 0.667. The standard InChI is InChI=1S/C18H29NO/c1-4-14-9-10-15(5-2)17(12-14)18(19-6-3)13-16-8-7-11-20-16/h9-10,12,16,18-19H,4-8,11,13H2,1-3H3. The Morgan fingerprint density at radius 1 is 1.25 bits per heavy atom. The zero-order valence-electron chi connectivity index (χ0n) is 13.2. The van der Waals surface area contributed by atoms with E-state index in [1.54, 1.807) is 0 Å². The molecule has 1 aliphatic heterocycles. The first-order valence-corrected chi connectivity index (χ1v) is 8.25. The Balaban J connectivity index is 2.21. The van der Waals surface area contributed by atoms with Gasteiger partial charge in [-0.15, -0.1) is 0 Å². The van der Waals surface area contributed by atoms with Crippen LogP contribution in [0.1, 0.15) is 62.8 Å². The minimum Gasteiger partial charge on any atom is -0.378 e. The molecule has 0 bridgehead atoms. The van der Waals surface area contributed by atoms with Crippen molar-refractivity contribution < 1.29 is 4.74 Å². The predicted octanol–water partition coefficient (Wildman–Crippen LogP) is 4.03. The van der Waals surface area contributed by atoms with Gasteiger partial charge in [0.1, 0.15) is 0 Å². The second kappa shape index (κ2) is 7.80. The SMILES string of the molecule is CCNC(CC1CCCO1)c1cc(CC)ccc1CC. The van der Waals surface area contributed by atoms with Crippen LogP contribution < -0.4 is 5.32 Å².